The lowest BCUT2D eigenvalue weighted by atomic mass is 10.2. The number of rotatable bonds is 5. The van der Waals surface area contributed by atoms with Crippen LogP contribution in [-0.4, -0.2) is 39.3 Å². The van der Waals surface area contributed by atoms with Gasteiger partial charge in [-0.3, -0.25) is 14.6 Å². The van der Waals surface area contributed by atoms with E-state index in [-0.39, 0.29) is 5.56 Å². The van der Waals surface area contributed by atoms with E-state index >= 15 is 0 Å². The molecule has 0 atom stereocenters. The molecule has 0 saturated carbocycles. The molecule has 0 aliphatic rings. The summed E-state index contributed by atoms with van der Waals surface area (Å²) in [5, 5.41) is 17.7. The van der Waals surface area contributed by atoms with E-state index in [0.717, 1.165) is 44.1 Å². The second-order valence-electron chi connectivity index (χ2n) is 7.08. The number of fused-ring (bicyclic) bond motifs is 3. The SMILES string of the molecule is CCc1cn(C)nc1Cn1ncc2c3sc(Cc4ccn[nH]4)nc3n(C)c2c1=O. The van der Waals surface area contributed by atoms with E-state index in [2.05, 4.69) is 27.3 Å². The Morgan fingerprint density at radius 3 is 2.90 bits per heavy atom. The maximum absolute atomic E-state index is 13.2. The summed E-state index contributed by atoms with van der Waals surface area (Å²) in [4.78, 5) is 17.9. The summed E-state index contributed by atoms with van der Waals surface area (Å²) >= 11 is 1.59. The average molecular weight is 408 g/mol. The van der Waals surface area contributed by atoms with Crippen molar-refractivity contribution in [1.82, 2.24) is 39.3 Å². The van der Waals surface area contributed by atoms with Gasteiger partial charge in [0.2, 0.25) is 0 Å². The summed E-state index contributed by atoms with van der Waals surface area (Å²) in [7, 11) is 3.77. The first-order valence-corrected chi connectivity index (χ1v) is 10.2. The minimum absolute atomic E-state index is 0.127. The monoisotopic (exact) mass is 408 g/mol. The summed E-state index contributed by atoms with van der Waals surface area (Å²) in [6, 6.07) is 1.94. The van der Waals surface area contributed by atoms with Crippen LogP contribution in [0.3, 0.4) is 0 Å². The topological polar surface area (TPSA) is 99.2 Å². The van der Waals surface area contributed by atoms with Crippen LogP contribution in [0.1, 0.15) is 28.9 Å². The number of hydrogen-bond acceptors (Lipinski definition) is 6. The number of hydrogen-bond donors (Lipinski definition) is 1. The molecule has 148 valence electrons. The Kier molecular flexibility index (Phi) is 4.09. The third-order valence-corrected chi connectivity index (χ3v) is 6.22. The summed E-state index contributed by atoms with van der Waals surface area (Å²) in [6.07, 6.45) is 7.04. The van der Waals surface area contributed by atoms with Crippen molar-refractivity contribution < 1.29 is 0 Å². The molecule has 10 heteroatoms. The van der Waals surface area contributed by atoms with Crippen molar-refractivity contribution >= 4 is 32.6 Å². The zero-order chi connectivity index (χ0) is 20.1. The maximum Gasteiger partial charge on any atom is 0.291 e. The number of nitrogens with zero attached hydrogens (tertiary/aromatic N) is 7. The van der Waals surface area contributed by atoms with E-state index in [1.54, 1.807) is 28.4 Å². The average Bonchev–Trinajstić information content (AvgIpc) is 3.46. The molecule has 0 saturated heterocycles. The van der Waals surface area contributed by atoms with Crippen molar-refractivity contribution in [2.75, 3.05) is 0 Å². The van der Waals surface area contributed by atoms with Gasteiger partial charge in [0, 0.05) is 44.0 Å². The summed E-state index contributed by atoms with van der Waals surface area (Å²) in [5.41, 5.74) is 4.31. The van der Waals surface area contributed by atoms with Gasteiger partial charge in [-0.15, -0.1) is 11.3 Å². The molecule has 0 bridgehead atoms. The van der Waals surface area contributed by atoms with Crippen molar-refractivity contribution in [3.05, 3.63) is 57.0 Å². The van der Waals surface area contributed by atoms with Crippen LogP contribution in [0.2, 0.25) is 0 Å². The zero-order valence-corrected chi connectivity index (χ0v) is 17.2. The standard InChI is InChI=1S/C19H20N8OS/c1-4-11-9-25(2)24-14(11)10-27-19(28)16-13(8-21-27)17-18(26(16)3)22-15(29-17)7-12-5-6-20-23-12/h5-6,8-9H,4,7,10H2,1-3H3,(H,20,23). The molecule has 0 aromatic carbocycles. The van der Waals surface area contributed by atoms with Crippen LogP contribution in [0.25, 0.3) is 21.3 Å². The van der Waals surface area contributed by atoms with Crippen LogP contribution in [0.15, 0.2) is 29.5 Å². The molecular formula is C19H20N8OS. The number of aromatic amines is 1. The molecule has 5 rings (SSSR count). The molecule has 1 N–H and O–H groups in total. The highest BCUT2D eigenvalue weighted by molar-refractivity contribution is 7.19. The Morgan fingerprint density at radius 1 is 1.28 bits per heavy atom. The first-order chi connectivity index (χ1) is 14.0. The van der Waals surface area contributed by atoms with Gasteiger partial charge in [-0.1, -0.05) is 6.92 Å². The molecular weight excluding hydrogens is 388 g/mol. The quantitative estimate of drug-likeness (QED) is 0.480. The fourth-order valence-electron chi connectivity index (χ4n) is 3.72. The minimum atomic E-state index is -0.127. The maximum atomic E-state index is 13.2. The first kappa shape index (κ1) is 17.8. The molecule has 5 aromatic heterocycles. The molecule has 5 aromatic rings. The fourth-order valence-corrected chi connectivity index (χ4v) is 4.85. The third-order valence-electron chi connectivity index (χ3n) is 5.14. The Labute approximate surface area is 169 Å². The molecule has 0 unspecified atom stereocenters. The number of nitrogens with one attached hydrogen (secondary N) is 1. The zero-order valence-electron chi connectivity index (χ0n) is 16.4. The Hall–Kier alpha value is -3.27. The number of H-pyrrole nitrogens is 1. The van der Waals surface area contributed by atoms with Crippen molar-refractivity contribution in [2.45, 2.75) is 26.3 Å². The van der Waals surface area contributed by atoms with Gasteiger partial charge in [0.15, 0.2) is 5.65 Å². The summed E-state index contributed by atoms with van der Waals surface area (Å²) in [6.45, 7) is 2.44. The molecule has 0 aliphatic carbocycles. The summed E-state index contributed by atoms with van der Waals surface area (Å²) < 4.78 is 6.12. The van der Waals surface area contributed by atoms with Gasteiger partial charge in [-0.2, -0.15) is 15.3 Å². The molecule has 5 heterocycles. The lowest BCUT2D eigenvalue weighted by molar-refractivity contribution is 0.616. The highest BCUT2D eigenvalue weighted by Crippen LogP contribution is 2.31. The van der Waals surface area contributed by atoms with Crippen molar-refractivity contribution in [2.24, 2.45) is 14.1 Å². The predicted molar refractivity (Wildman–Crippen MR) is 111 cm³/mol. The Morgan fingerprint density at radius 2 is 2.14 bits per heavy atom. The van der Waals surface area contributed by atoms with E-state index < -0.39 is 0 Å². The van der Waals surface area contributed by atoms with Crippen LogP contribution in [0.5, 0.6) is 0 Å². The van der Waals surface area contributed by atoms with Crippen molar-refractivity contribution in [1.29, 1.82) is 0 Å². The van der Waals surface area contributed by atoms with Crippen LogP contribution < -0.4 is 5.56 Å². The molecule has 0 aliphatic heterocycles. The van der Waals surface area contributed by atoms with E-state index in [1.807, 2.05) is 30.9 Å². The van der Waals surface area contributed by atoms with Crippen LogP contribution in [0.4, 0.5) is 0 Å². The smallest absolute Gasteiger partial charge is 0.291 e. The number of aromatic nitrogens is 8. The highest BCUT2D eigenvalue weighted by atomic mass is 32.1. The number of aryl methyl sites for hydroxylation is 3. The normalized spacial score (nSPS) is 11.8. The molecule has 9 nitrogen and oxygen atoms in total. The van der Waals surface area contributed by atoms with Gasteiger partial charge in [0.25, 0.3) is 5.56 Å². The Bertz CT molecular complexity index is 1390. The van der Waals surface area contributed by atoms with Gasteiger partial charge in [0.1, 0.15) is 10.5 Å². The van der Waals surface area contributed by atoms with Crippen molar-refractivity contribution in [3.8, 4) is 0 Å². The fraction of sp³-hybridized carbons (Fsp3) is 0.316. The van der Waals surface area contributed by atoms with Gasteiger partial charge in [-0.05, 0) is 18.1 Å². The molecule has 0 fully saturated rings. The third kappa shape index (κ3) is 2.87. The predicted octanol–water partition coefficient (Wildman–Crippen LogP) is 2.00. The van der Waals surface area contributed by atoms with E-state index in [1.165, 1.54) is 4.68 Å². The highest BCUT2D eigenvalue weighted by Gasteiger charge is 2.19. The van der Waals surface area contributed by atoms with Crippen LogP contribution in [-0.2, 0) is 33.5 Å². The van der Waals surface area contributed by atoms with Crippen LogP contribution in [0, 0.1) is 0 Å². The largest absolute Gasteiger partial charge is 0.323 e. The van der Waals surface area contributed by atoms with Gasteiger partial charge in [-0.25, -0.2) is 9.67 Å². The van der Waals surface area contributed by atoms with E-state index in [4.69, 9.17) is 4.98 Å². The lowest BCUT2D eigenvalue weighted by Crippen LogP contribution is -2.25. The van der Waals surface area contributed by atoms with Crippen LogP contribution >= 0.6 is 11.3 Å². The van der Waals surface area contributed by atoms with Crippen molar-refractivity contribution in [3.63, 3.8) is 0 Å². The van der Waals surface area contributed by atoms with Gasteiger partial charge in [0.05, 0.1) is 23.1 Å². The summed E-state index contributed by atoms with van der Waals surface area (Å²) in [5.74, 6) is 0. The molecule has 29 heavy (non-hydrogen) atoms. The molecule has 0 spiro atoms. The van der Waals surface area contributed by atoms with Gasteiger partial charge >= 0.3 is 0 Å². The number of thiazole rings is 1. The minimum Gasteiger partial charge on any atom is -0.323 e. The Balaban J connectivity index is 1.58. The first-order valence-electron chi connectivity index (χ1n) is 9.38. The molecule has 0 radical (unpaired) electrons. The second kappa shape index (κ2) is 6.66. The molecule has 0 amide bonds. The lowest BCUT2D eigenvalue weighted by Gasteiger charge is -2.05. The van der Waals surface area contributed by atoms with E-state index in [0.29, 0.717) is 18.5 Å². The second-order valence-corrected chi connectivity index (χ2v) is 8.16. The van der Waals surface area contributed by atoms with E-state index in [9.17, 15) is 4.79 Å². The van der Waals surface area contributed by atoms with Gasteiger partial charge < -0.3 is 4.57 Å².